The molecule has 0 saturated carbocycles. The lowest BCUT2D eigenvalue weighted by Gasteiger charge is -2.23. The smallest absolute Gasteiger partial charge is 0.183 e. The lowest BCUT2D eigenvalue weighted by Crippen LogP contribution is -2.46. The van der Waals surface area contributed by atoms with Gasteiger partial charge in [-0.2, -0.15) is 0 Å². The van der Waals surface area contributed by atoms with Crippen LogP contribution in [-0.2, 0) is 0 Å². The van der Waals surface area contributed by atoms with Crippen LogP contribution in [0.25, 0.3) is 0 Å². The first-order valence-corrected chi connectivity index (χ1v) is 4.78. The second kappa shape index (κ2) is 4.33. The van der Waals surface area contributed by atoms with E-state index >= 15 is 0 Å². The Morgan fingerprint density at radius 2 is 2.29 bits per heavy atom. The SMILES string of the molecule is CCNC(C)(C)C(=O)c1cccnc1. The van der Waals surface area contributed by atoms with Crippen molar-refractivity contribution in [1.29, 1.82) is 0 Å². The summed E-state index contributed by atoms with van der Waals surface area (Å²) in [6.07, 6.45) is 3.26. The molecule has 0 radical (unpaired) electrons. The van der Waals surface area contributed by atoms with Crippen LogP contribution in [0.2, 0.25) is 0 Å². The number of nitrogens with one attached hydrogen (secondary N) is 1. The van der Waals surface area contributed by atoms with Gasteiger partial charge in [0.2, 0.25) is 0 Å². The standard InChI is InChI=1S/C11H16N2O/c1-4-13-11(2,3)10(14)9-6-5-7-12-8-9/h5-8,13H,4H2,1-3H3. The second-order valence-corrected chi connectivity index (χ2v) is 3.73. The molecule has 0 fully saturated rings. The molecule has 0 aliphatic carbocycles. The average Bonchev–Trinajstić information content (AvgIpc) is 2.18. The molecule has 0 saturated heterocycles. The third kappa shape index (κ3) is 2.39. The van der Waals surface area contributed by atoms with Gasteiger partial charge in [0, 0.05) is 18.0 Å². The van der Waals surface area contributed by atoms with E-state index in [1.165, 1.54) is 0 Å². The molecule has 1 N–H and O–H groups in total. The van der Waals surface area contributed by atoms with Gasteiger partial charge in [0.1, 0.15) is 0 Å². The molecular formula is C11H16N2O. The average molecular weight is 192 g/mol. The van der Waals surface area contributed by atoms with E-state index in [0.717, 1.165) is 6.54 Å². The molecule has 0 aliphatic rings. The van der Waals surface area contributed by atoms with Crippen molar-refractivity contribution in [3.8, 4) is 0 Å². The Morgan fingerprint density at radius 3 is 2.79 bits per heavy atom. The number of rotatable bonds is 4. The first-order valence-electron chi connectivity index (χ1n) is 4.78. The third-order valence-electron chi connectivity index (χ3n) is 2.11. The van der Waals surface area contributed by atoms with Crippen molar-refractivity contribution in [3.63, 3.8) is 0 Å². The fourth-order valence-electron chi connectivity index (χ4n) is 1.38. The summed E-state index contributed by atoms with van der Waals surface area (Å²) < 4.78 is 0. The minimum atomic E-state index is -0.516. The zero-order chi connectivity index (χ0) is 10.6. The van der Waals surface area contributed by atoms with Gasteiger partial charge in [-0.15, -0.1) is 0 Å². The van der Waals surface area contributed by atoms with Crippen molar-refractivity contribution >= 4 is 5.78 Å². The molecular weight excluding hydrogens is 176 g/mol. The number of Topliss-reactive ketones (excluding diaryl/α,β-unsaturated/α-hetero) is 1. The van der Waals surface area contributed by atoms with E-state index in [4.69, 9.17) is 0 Å². The van der Waals surface area contributed by atoms with Crippen molar-refractivity contribution in [1.82, 2.24) is 10.3 Å². The summed E-state index contributed by atoms with van der Waals surface area (Å²) in [5.74, 6) is 0.0763. The van der Waals surface area contributed by atoms with Gasteiger partial charge in [-0.05, 0) is 32.5 Å². The van der Waals surface area contributed by atoms with Crippen LogP contribution >= 0.6 is 0 Å². The van der Waals surface area contributed by atoms with Crippen LogP contribution in [0.15, 0.2) is 24.5 Å². The highest BCUT2D eigenvalue weighted by molar-refractivity contribution is 6.02. The Kier molecular flexibility index (Phi) is 3.36. The lowest BCUT2D eigenvalue weighted by atomic mass is 9.94. The van der Waals surface area contributed by atoms with Crippen molar-refractivity contribution in [2.75, 3.05) is 6.54 Å². The molecule has 0 bridgehead atoms. The first kappa shape index (κ1) is 10.9. The molecule has 0 amide bonds. The van der Waals surface area contributed by atoms with Crippen molar-refractivity contribution in [2.24, 2.45) is 0 Å². The van der Waals surface area contributed by atoms with Crippen LogP contribution in [0, 0.1) is 0 Å². The highest BCUT2D eigenvalue weighted by Gasteiger charge is 2.27. The summed E-state index contributed by atoms with van der Waals surface area (Å²) >= 11 is 0. The van der Waals surface area contributed by atoms with Crippen LogP contribution in [0.3, 0.4) is 0 Å². The minimum absolute atomic E-state index is 0.0763. The molecule has 3 nitrogen and oxygen atoms in total. The third-order valence-corrected chi connectivity index (χ3v) is 2.11. The van der Waals surface area contributed by atoms with Crippen LogP contribution < -0.4 is 5.32 Å². The number of likely N-dealkylation sites (N-methyl/N-ethyl adjacent to an activating group) is 1. The molecule has 0 unspecified atom stereocenters. The second-order valence-electron chi connectivity index (χ2n) is 3.73. The molecule has 76 valence electrons. The van der Waals surface area contributed by atoms with Gasteiger partial charge >= 0.3 is 0 Å². The summed E-state index contributed by atoms with van der Waals surface area (Å²) in [5.41, 5.74) is 0.135. The van der Waals surface area contributed by atoms with E-state index in [-0.39, 0.29) is 5.78 Å². The summed E-state index contributed by atoms with van der Waals surface area (Å²) in [5, 5.41) is 3.14. The summed E-state index contributed by atoms with van der Waals surface area (Å²) in [6.45, 7) is 6.52. The maximum absolute atomic E-state index is 12.0. The van der Waals surface area contributed by atoms with E-state index in [1.54, 1.807) is 24.5 Å². The predicted molar refractivity (Wildman–Crippen MR) is 56.3 cm³/mol. The predicted octanol–water partition coefficient (Wildman–Crippen LogP) is 1.65. The number of ketones is 1. The molecule has 1 heterocycles. The first-order chi connectivity index (χ1) is 6.58. The highest BCUT2D eigenvalue weighted by atomic mass is 16.1. The van der Waals surface area contributed by atoms with Crippen molar-refractivity contribution < 1.29 is 4.79 Å². The molecule has 3 heteroatoms. The Labute approximate surface area is 84.6 Å². The summed E-state index contributed by atoms with van der Waals surface area (Å²) in [6, 6.07) is 3.56. The number of carbonyl (C=O) groups excluding carboxylic acids is 1. The fraction of sp³-hybridized carbons (Fsp3) is 0.455. The Balaban J connectivity index is 2.85. The lowest BCUT2D eigenvalue weighted by molar-refractivity contribution is 0.0883. The van der Waals surface area contributed by atoms with E-state index in [2.05, 4.69) is 10.3 Å². The number of carbonyl (C=O) groups is 1. The van der Waals surface area contributed by atoms with E-state index < -0.39 is 5.54 Å². The number of hydrogen-bond acceptors (Lipinski definition) is 3. The zero-order valence-corrected chi connectivity index (χ0v) is 8.87. The normalized spacial score (nSPS) is 11.4. The van der Waals surface area contributed by atoms with Gasteiger partial charge in [0.25, 0.3) is 0 Å². The maximum atomic E-state index is 12.0. The van der Waals surface area contributed by atoms with Gasteiger partial charge < -0.3 is 5.32 Å². The van der Waals surface area contributed by atoms with Crippen LogP contribution in [-0.4, -0.2) is 22.9 Å². The Hall–Kier alpha value is -1.22. The van der Waals surface area contributed by atoms with E-state index in [9.17, 15) is 4.79 Å². The van der Waals surface area contributed by atoms with Gasteiger partial charge in [-0.3, -0.25) is 9.78 Å². The van der Waals surface area contributed by atoms with Gasteiger partial charge in [-0.1, -0.05) is 6.92 Å². The molecule has 14 heavy (non-hydrogen) atoms. The van der Waals surface area contributed by atoms with Crippen molar-refractivity contribution in [2.45, 2.75) is 26.3 Å². The maximum Gasteiger partial charge on any atom is 0.183 e. The van der Waals surface area contributed by atoms with E-state index in [1.807, 2.05) is 20.8 Å². The highest BCUT2D eigenvalue weighted by Crippen LogP contribution is 2.11. The van der Waals surface area contributed by atoms with E-state index in [0.29, 0.717) is 5.56 Å². The number of aromatic nitrogens is 1. The van der Waals surface area contributed by atoms with Crippen molar-refractivity contribution in [3.05, 3.63) is 30.1 Å². The topological polar surface area (TPSA) is 42.0 Å². The molecule has 1 aromatic heterocycles. The Morgan fingerprint density at radius 1 is 1.57 bits per heavy atom. The van der Waals surface area contributed by atoms with Crippen LogP contribution in [0.5, 0.6) is 0 Å². The zero-order valence-electron chi connectivity index (χ0n) is 8.87. The monoisotopic (exact) mass is 192 g/mol. The summed E-state index contributed by atoms with van der Waals surface area (Å²) in [4.78, 5) is 15.9. The summed E-state index contributed by atoms with van der Waals surface area (Å²) in [7, 11) is 0. The number of hydrogen-bond donors (Lipinski definition) is 1. The Bertz CT molecular complexity index is 306. The molecule has 0 atom stereocenters. The molecule has 1 aromatic rings. The van der Waals surface area contributed by atoms with Crippen LogP contribution in [0.4, 0.5) is 0 Å². The van der Waals surface area contributed by atoms with Gasteiger partial charge in [0.05, 0.1) is 5.54 Å². The van der Waals surface area contributed by atoms with Crippen LogP contribution in [0.1, 0.15) is 31.1 Å². The minimum Gasteiger partial charge on any atom is -0.305 e. The van der Waals surface area contributed by atoms with Gasteiger partial charge in [0.15, 0.2) is 5.78 Å². The van der Waals surface area contributed by atoms with Gasteiger partial charge in [-0.25, -0.2) is 0 Å². The number of pyridine rings is 1. The number of nitrogens with zero attached hydrogens (tertiary/aromatic N) is 1. The largest absolute Gasteiger partial charge is 0.305 e. The molecule has 0 aromatic carbocycles. The quantitative estimate of drug-likeness (QED) is 0.737. The molecule has 1 rings (SSSR count). The molecule has 0 spiro atoms. The fourth-order valence-corrected chi connectivity index (χ4v) is 1.38. The molecule has 0 aliphatic heterocycles.